The molecule has 186 valence electrons. The summed E-state index contributed by atoms with van der Waals surface area (Å²) in [6.07, 6.45) is -2.89. The summed E-state index contributed by atoms with van der Waals surface area (Å²) < 4.78 is 23.6. The SMILES string of the molecule is COC(=O)/C(Sc1ccccc1)=C1/C[C@@H](O)[C@H]2O[C@@H]3OC(C)(C)O[C@@H]3[C@@]12NOCc1ccccc1. The van der Waals surface area contributed by atoms with Crippen molar-refractivity contribution >= 4 is 17.7 Å². The van der Waals surface area contributed by atoms with Crippen molar-refractivity contribution in [3.05, 3.63) is 76.7 Å². The molecule has 5 atom stereocenters. The molecule has 2 saturated heterocycles. The van der Waals surface area contributed by atoms with Crippen LogP contribution < -0.4 is 5.48 Å². The molecule has 1 aliphatic carbocycles. The monoisotopic (exact) mass is 499 g/mol. The summed E-state index contributed by atoms with van der Waals surface area (Å²) in [5, 5.41) is 11.1. The van der Waals surface area contributed by atoms with E-state index in [1.165, 1.54) is 18.9 Å². The maximum atomic E-state index is 13.1. The van der Waals surface area contributed by atoms with Crippen molar-refractivity contribution in [2.75, 3.05) is 7.11 Å². The molecular formula is C26H29NO7S. The standard InChI is InChI=1S/C26H29NO7S/c1-25(2)33-22-24(34-25)32-21-19(28)14-18(20(23(29)30-3)35-17-12-8-5-9-13-17)26(21,22)27-31-15-16-10-6-4-7-11-16/h4-13,19,21-22,24,27-28H,14-15H2,1-3H3/b20-18+/t19-,21-,22+,24-,26-/m1/s1. The molecule has 0 aromatic heterocycles. The van der Waals surface area contributed by atoms with Crippen molar-refractivity contribution in [3.8, 4) is 0 Å². The first-order valence-corrected chi connectivity index (χ1v) is 12.3. The molecule has 5 rings (SSSR count). The summed E-state index contributed by atoms with van der Waals surface area (Å²) in [5.74, 6) is -1.42. The number of fused-ring (bicyclic) bond motifs is 3. The number of carbonyl (C=O) groups excluding carboxylic acids is 1. The molecule has 35 heavy (non-hydrogen) atoms. The highest BCUT2D eigenvalue weighted by molar-refractivity contribution is 8.04. The van der Waals surface area contributed by atoms with E-state index in [4.69, 9.17) is 23.8 Å². The summed E-state index contributed by atoms with van der Waals surface area (Å²) in [7, 11) is 1.34. The number of rotatable bonds is 7. The van der Waals surface area contributed by atoms with Gasteiger partial charge >= 0.3 is 5.97 Å². The van der Waals surface area contributed by atoms with Crippen LogP contribution >= 0.6 is 11.8 Å². The topological polar surface area (TPSA) is 95.5 Å². The highest BCUT2D eigenvalue weighted by Gasteiger charge is 2.70. The predicted molar refractivity (Wildman–Crippen MR) is 128 cm³/mol. The molecule has 2 heterocycles. The molecule has 3 aliphatic rings. The van der Waals surface area contributed by atoms with Gasteiger partial charge in [0.1, 0.15) is 17.7 Å². The lowest BCUT2D eigenvalue weighted by molar-refractivity contribution is -0.223. The van der Waals surface area contributed by atoms with Crippen LogP contribution in [0.2, 0.25) is 0 Å². The van der Waals surface area contributed by atoms with E-state index in [-0.39, 0.29) is 13.0 Å². The normalized spacial score (nSPS) is 32.2. The van der Waals surface area contributed by atoms with Gasteiger partial charge in [0.05, 0.1) is 24.7 Å². The molecule has 0 spiro atoms. The Morgan fingerprint density at radius 2 is 1.77 bits per heavy atom. The third-order valence-electron chi connectivity index (χ3n) is 6.43. The lowest BCUT2D eigenvalue weighted by atomic mass is 9.86. The second-order valence-corrected chi connectivity index (χ2v) is 10.3. The van der Waals surface area contributed by atoms with Gasteiger partial charge in [0.2, 0.25) is 0 Å². The van der Waals surface area contributed by atoms with Gasteiger partial charge in [0, 0.05) is 11.3 Å². The molecule has 0 radical (unpaired) electrons. The number of aliphatic hydroxyl groups is 1. The Labute approximate surface area is 208 Å². The minimum atomic E-state index is -1.17. The lowest BCUT2D eigenvalue weighted by Crippen LogP contribution is -2.59. The van der Waals surface area contributed by atoms with E-state index in [1.54, 1.807) is 13.8 Å². The fourth-order valence-electron chi connectivity index (χ4n) is 4.97. The molecule has 2 aromatic rings. The van der Waals surface area contributed by atoms with Gasteiger partial charge in [-0.1, -0.05) is 60.3 Å². The Balaban J connectivity index is 1.58. The van der Waals surface area contributed by atoms with Gasteiger partial charge in [-0.05, 0) is 37.1 Å². The molecule has 0 unspecified atom stereocenters. The number of aliphatic hydroxyl groups excluding tert-OH is 1. The second-order valence-electron chi connectivity index (χ2n) is 9.21. The maximum Gasteiger partial charge on any atom is 0.344 e. The maximum absolute atomic E-state index is 13.1. The van der Waals surface area contributed by atoms with Crippen LogP contribution in [0, 0.1) is 0 Å². The Bertz CT molecular complexity index is 1090. The molecule has 9 heteroatoms. The van der Waals surface area contributed by atoms with Crippen LogP contribution in [-0.4, -0.2) is 54.1 Å². The summed E-state index contributed by atoms with van der Waals surface area (Å²) in [6, 6.07) is 19.2. The Kier molecular flexibility index (Phi) is 6.75. The molecule has 8 nitrogen and oxygen atoms in total. The van der Waals surface area contributed by atoms with Crippen molar-refractivity contribution in [1.82, 2.24) is 5.48 Å². The number of hydrogen-bond acceptors (Lipinski definition) is 9. The summed E-state index contributed by atoms with van der Waals surface area (Å²) >= 11 is 1.28. The molecule has 0 bridgehead atoms. The fourth-order valence-corrected chi connectivity index (χ4v) is 6.04. The van der Waals surface area contributed by atoms with Crippen molar-refractivity contribution in [3.63, 3.8) is 0 Å². The van der Waals surface area contributed by atoms with Gasteiger partial charge in [0.15, 0.2) is 12.1 Å². The van der Waals surface area contributed by atoms with Gasteiger partial charge in [-0.2, -0.15) is 5.48 Å². The lowest BCUT2D eigenvalue weighted by Gasteiger charge is -2.36. The van der Waals surface area contributed by atoms with Crippen molar-refractivity contribution in [1.29, 1.82) is 0 Å². The van der Waals surface area contributed by atoms with E-state index in [1.807, 2.05) is 60.7 Å². The van der Waals surface area contributed by atoms with Crippen LogP contribution in [0.4, 0.5) is 0 Å². The Hall–Kier alpha value is -2.24. The fraction of sp³-hybridized carbons (Fsp3) is 0.423. The number of ether oxygens (including phenoxy) is 4. The molecule has 1 saturated carbocycles. The van der Waals surface area contributed by atoms with E-state index in [0.717, 1.165) is 10.5 Å². The largest absolute Gasteiger partial charge is 0.465 e. The van der Waals surface area contributed by atoms with Gasteiger partial charge in [-0.25, -0.2) is 4.79 Å². The van der Waals surface area contributed by atoms with Crippen molar-refractivity contribution in [2.45, 2.75) is 67.7 Å². The third kappa shape index (κ3) is 4.53. The number of carbonyl (C=O) groups is 1. The van der Waals surface area contributed by atoms with Crippen LogP contribution in [0.15, 0.2) is 76.0 Å². The van der Waals surface area contributed by atoms with E-state index in [0.29, 0.717) is 10.5 Å². The Morgan fingerprint density at radius 1 is 1.09 bits per heavy atom. The number of esters is 1. The number of hydroxylamine groups is 1. The van der Waals surface area contributed by atoms with Gasteiger partial charge in [-0.3, -0.25) is 4.84 Å². The van der Waals surface area contributed by atoms with Crippen LogP contribution in [-0.2, 0) is 35.2 Å². The van der Waals surface area contributed by atoms with E-state index in [2.05, 4.69) is 5.48 Å². The van der Waals surface area contributed by atoms with Crippen LogP contribution in [0.25, 0.3) is 0 Å². The molecule has 3 fully saturated rings. The third-order valence-corrected chi connectivity index (χ3v) is 7.55. The van der Waals surface area contributed by atoms with Gasteiger partial charge in [-0.15, -0.1) is 0 Å². The first-order valence-electron chi connectivity index (χ1n) is 11.5. The van der Waals surface area contributed by atoms with Gasteiger partial charge < -0.3 is 24.1 Å². The first kappa shape index (κ1) is 24.5. The molecule has 2 aliphatic heterocycles. The summed E-state index contributed by atoms with van der Waals surface area (Å²) in [6.45, 7) is 3.87. The molecular weight excluding hydrogens is 470 g/mol. The quantitative estimate of drug-likeness (QED) is 0.257. The van der Waals surface area contributed by atoms with Crippen LogP contribution in [0.3, 0.4) is 0 Å². The number of nitrogens with one attached hydrogen (secondary N) is 1. The van der Waals surface area contributed by atoms with Crippen molar-refractivity contribution in [2.24, 2.45) is 0 Å². The van der Waals surface area contributed by atoms with Crippen LogP contribution in [0.1, 0.15) is 25.8 Å². The molecule has 0 amide bonds. The Morgan fingerprint density at radius 3 is 2.46 bits per heavy atom. The minimum Gasteiger partial charge on any atom is -0.465 e. The van der Waals surface area contributed by atoms with Gasteiger partial charge in [0.25, 0.3) is 0 Å². The zero-order chi connectivity index (χ0) is 24.6. The predicted octanol–water partition coefficient (Wildman–Crippen LogP) is 3.31. The van der Waals surface area contributed by atoms with E-state index < -0.39 is 41.9 Å². The average Bonchev–Trinajstić information content (AvgIpc) is 3.42. The second kappa shape index (κ2) is 9.67. The highest BCUT2D eigenvalue weighted by atomic mass is 32.2. The molecule has 2 aromatic carbocycles. The van der Waals surface area contributed by atoms with Crippen molar-refractivity contribution < 1.29 is 33.7 Å². The highest BCUT2D eigenvalue weighted by Crippen LogP contribution is 2.54. The number of benzene rings is 2. The van der Waals surface area contributed by atoms with E-state index in [9.17, 15) is 9.90 Å². The average molecular weight is 500 g/mol. The molecule has 2 N–H and O–H groups in total. The first-order chi connectivity index (χ1) is 16.8. The number of methoxy groups -OCH3 is 1. The smallest absolute Gasteiger partial charge is 0.344 e. The summed E-state index contributed by atoms with van der Waals surface area (Å²) in [4.78, 5) is 20.3. The zero-order valence-corrected chi connectivity index (χ0v) is 20.6. The number of thioether (sulfide) groups is 1. The zero-order valence-electron chi connectivity index (χ0n) is 19.8. The minimum absolute atomic E-state index is 0.184. The number of hydrogen-bond donors (Lipinski definition) is 2. The summed E-state index contributed by atoms with van der Waals surface area (Å²) in [5.41, 5.74) is 3.57. The van der Waals surface area contributed by atoms with E-state index >= 15 is 0 Å². The van der Waals surface area contributed by atoms with Crippen LogP contribution in [0.5, 0.6) is 0 Å².